The van der Waals surface area contributed by atoms with Gasteiger partial charge >= 0.3 is 0 Å². The zero-order valence-corrected chi connectivity index (χ0v) is 13.6. The maximum absolute atomic E-state index is 5.83. The molecule has 21 heavy (non-hydrogen) atoms. The van der Waals surface area contributed by atoms with E-state index in [0.717, 1.165) is 43.4 Å². The Morgan fingerprint density at radius 2 is 2.05 bits per heavy atom. The predicted octanol–water partition coefficient (Wildman–Crippen LogP) is 2.98. The van der Waals surface area contributed by atoms with E-state index in [-0.39, 0.29) is 24.8 Å². The lowest BCUT2D eigenvalue weighted by molar-refractivity contribution is 0.184. The molecular weight excluding hydrogens is 309 g/mol. The van der Waals surface area contributed by atoms with Gasteiger partial charge in [0.1, 0.15) is 0 Å². The summed E-state index contributed by atoms with van der Waals surface area (Å²) in [5, 5.41) is 3.44. The van der Waals surface area contributed by atoms with E-state index < -0.39 is 0 Å². The molecule has 1 unspecified atom stereocenters. The molecule has 0 radical (unpaired) electrons. The number of benzene rings is 1. The molecule has 0 aliphatic carbocycles. The summed E-state index contributed by atoms with van der Waals surface area (Å²) in [6, 6.07) is 10.6. The van der Waals surface area contributed by atoms with Crippen LogP contribution in [0.3, 0.4) is 0 Å². The lowest BCUT2D eigenvalue weighted by Gasteiger charge is -2.30. The van der Waals surface area contributed by atoms with Gasteiger partial charge in [0.2, 0.25) is 5.89 Å². The lowest BCUT2D eigenvalue weighted by atomic mass is 10.2. The Bertz CT molecular complexity index is 533. The highest BCUT2D eigenvalue weighted by Crippen LogP contribution is 2.20. The molecule has 1 saturated heterocycles. The summed E-state index contributed by atoms with van der Waals surface area (Å²) in [5.74, 6) is 1.65. The van der Waals surface area contributed by atoms with Crippen LogP contribution in [-0.2, 0) is 6.54 Å². The van der Waals surface area contributed by atoms with Gasteiger partial charge in [-0.3, -0.25) is 4.90 Å². The summed E-state index contributed by atoms with van der Waals surface area (Å²) in [4.78, 5) is 6.76. The van der Waals surface area contributed by atoms with Crippen LogP contribution in [0.2, 0.25) is 0 Å². The van der Waals surface area contributed by atoms with Crippen LogP contribution in [0.1, 0.15) is 12.8 Å². The van der Waals surface area contributed by atoms with Crippen molar-refractivity contribution in [3.05, 3.63) is 42.4 Å². The first-order valence-electron chi connectivity index (χ1n) is 6.77. The lowest BCUT2D eigenvalue weighted by Crippen LogP contribution is -2.48. The molecule has 1 aromatic carbocycles. The van der Waals surface area contributed by atoms with E-state index in [1.54, 1.807) is 0 Å². The third-order valence-corrected chi connectivity index (χ3v) is 3.42. The van der Waals surface area contributed by atoms with Crippen LogP contribution in [0.15, 0.2) is 40.9 Å². The molecule has 1 aromatic heterocycles. The van der Waals surface area contributed by atoms with Gasteiger partial charge in [-0.25, -0.2) is 4.98 Å². The number of hydrogen-bond donors (Lipinski definition) is 1. The van der Waals surface area contributed by atoms with E-state index >= 15 is 0 Å². The zero-order chi connectivity index (χ0) is 13.1. The standard InChI is InChI=1S/C15H19N3O.2ClH/c1-12-10-18(8-7-16-12)11-15-17-9-14(19-15)13-5-3-2-4-6-13;;/h2-6,9,12,16H,7-8,10-11H2,1H3;2*1H. The molecule has 0 bridgehead atoms. The summed E-state index contributed by atoms with van der Waals surface area (Å²) in [6.45, 7) is 6.12. The number of oxazole rings is 1. The third kappa shape index (κ3) is 4.71. The second kappa shape index (κ2) is 8.39. The fraction of sp³-hybridized carbons (Fsp3) is 0.400. The Morgan fingerprint density at radius 1 is 1.29 bits per heavy atom. The second-order valence-electron chi connectivity index (χ2n) is 5.07. The molecular formula is C15H21Cl2N3O. The van der Waals surface area contributed by atoms with Crippen LogP contribution in [0.4, 0.5) is 0 Å². The average molecular weight is 330 g/mol. The van der Waals surface area contributed by atoms with Crippen molar-refractivity contribution in [1.82, 2.24) is 15.2 Å². The van der Waals surface area contributed by atoms with Gasteiger partial charge < -0.3 is 9.73 Å². The van der Waals surface area contributed by atoms with Crippen molar-refractivity contribution >= 4 is 24.8 Å². The molecule has 116 valence electrons. The first kappa shape index (κ1) is 18.0. The molecule has 1 fully saturated rings. The van der Waals surface area contributed by atoms with E-state index in [0.29, 0.717) is 6.04 Å². The molecule has 0 spiro atoms. The molecule has 6 heteroatoms. The quantitative estimate of drug-likeness (QED) is 0.939. The van der Waals surface area contributed by atoms with Gasteiger partial charge in [0.05, 0.1) is 12.7 Å². The summed E-state index contributed by atoms with van der Waals surface area (Å²) in [5.41, 5.74) is 1.08. The van der Waals surface area contributed by atoms with Gasteiger partial charge in [0, 0.05) is 31.2 Å². The Labute approximate surface area is 137 Å². The topological polar surface area (TPSA) is 41.3 Å². The maximum atomic E-state index is 5.83. The van der Waals surface area contributed by atoms with Crippen molar-refractivity contribution in [2.24, 2.45) is 0 Å². The fourth-order valence-electron chi connectivity index (χ4n) is 2.47. The minimum absolute atomic E-state index is 0. The number of halogens is 2. The number of nitrogens with zero attached hydrogens (tertiary/aromatic N) is 2. The van der Waals surface area contributed by atoms with Crippen LogP contribution in [0.5, 0.6) is 0 Å². The minimum Gasteiger partial charge on any atom is -0.439 e. The van der Waals surface area contributed by atoms with Gasteiger partial charge in [0.15, 0.2) is 5.76 Å². The van der Waals surface area contributed by atoms with Gasteiger partial charge in [-0.15, -0.1) is 24.8 Å². The minimum atomic E-state index is 0. The Kier molecular flexibility index (Phi) is 7.18. The van der Waals surface area contributed by atoms with Gasteiger partial charge in [-0.2, -0.15) is 0 Å². The Balaban J connectivity index is 0.00000110. The smallest absolute Gasteiger partial charge is 0.209 e. The number of nitrogens with one attached hydrogen (secondary N) is 1. The van der Waals surface area contributed by atoms with Crippen LogP contribution in [-0.4, -0.2) is 35.6 Å². The normalized spacial score (nSPS) is 18.6. The van der Waals surface area contributed by atoms with Crippen LogP contribution in [0.25, 0.3) is 11.3 Å². The van der Waals surface area contributed by atoms with Crippen molar-refractivity contribution in [2.45, 2.75) is 19.5 Å². The van der Waals surface area contributed by atoms with E-state index in [4.69, 9.17) is 4.42 Å². The first-order chi connectivity index (χ1) is 9.31. The number of rotatable bonds is 3. The third-order valence-electron chi connectivity index (χ3n) is 3.42. The number of aromatic nitrogens is 1. The average Bonchev–Trinajstić information content (AvgIpc) is 2.88. The molecule has 0 saturated carbocycles. The molecule has 1 aliphatic rings. The Hall–Kier alpha value is -1.07. The highest BCUT2D eigenvalue weighted by molar-refractivity contribution is 5.85. The van der Waals surface area contributed by atoms with E-state index in [2.05, 4.69) is 22.1 Å². The van der Waals surface area contributed by atoms with Crippen molar-refractivity contribution < 1.29 is 4.42 Å². The maximum Gasteiger partial charge on any atom is 0.209 e. The number of hydrogen-bond acceptors (Lipinski definition) is 4. The molecule has 1 N–H and O–H groups in total. The second-order valence-corrected chi connectivity index (χ2v) is 5.07. The van der Waals surface area contributed by atoms with Crippen LogP contribution >= 0.6 is 24.8 Å². The summed E-state index contributed by atoms with van der Waals surface area (Å²) in [6.07, 6.45) is 1.82. The summed E-state index contributed by atoms with van der Waals surface area (Å²) in [7, 11) is 0. The SMILES string of the molecule is CC1CN(Cc2ncc(-c3ccccc3)o2)CCN1.Cl.Cl. The molecule has 2 aromatic rings. The van der Waals surface area contributed by atoms with Gasteiger partial charge in [-0.1, -0.05) is 30.3 Å². The zero-order valence-electron chi connectivity index (χ0n) is 12.0. The van der Waals surface area contributed by atoms with Crippen LogP contribution in [0, 0.1) is 0 Å². The molecule has 4 nitrogen and oxygen atoms in total. The van der Waals surface area contributed by atoms with Crippen molar-refractivity contribution in [3.63, 3.8) is 0 Å². The van der Waals surface area contributed by atoms with E-state index in [1.165, 1.54) is 0 Å². The monoisotopic (exact) mass is 329 g/mol. The van der Waals surface area contributed by atoms with Crippen molar-refractivity contribution in [1.29, 1.82) is 0 Å². The highest BCUT2D eigenvalue weighted by Gasteiger charge is 2.17. The molecule has 3 rings (SSSR count). The van der Waals surface area contributed by atoms with Crippen molar-refractivity contribution in [3.8, 4) is 11.3 Å². The number of piperazine rings is 1. The first-order valence-corrected chi connectivity index (χ1v) is 6.77. The van der Waals surface area contributed by atoms with Crippen molar-refractivity contribution in [2.75, 3.05) is 19.6 Å². The fourth-order valence-corrected chi connectivity index (χ4v) is 2.47. The summed E-state index contributed by atoms with van der Waals surface area (Å²) >= 11 is 0. The summed E-state index contributed by atoms with van der Waals surface area (Å²) < 4.78 is 5.83. The molecule has 1 atom stereocenters. The predicted molar refractivity (Wildman–Crippen MR) is 89.2 cm³/mol. The molecule has 1 aliphatic heterocycles. The van der Waals surface area contributed by atoms with Gasteiger partial charge in [-0.05, 0) is 6.92 Å². The molecule has 2 heterocycles. The largest absolute Gasteiger partial charge is 0.439 e. The van der Waals surface area contributed by atoms with E-state index in [9.17, 15) is 0 Å². The van der Waals surface area contributed by atoms with E-state index in [1.807, 2.05) is 36.5 Å². The highest BCUT2D eigenvalue weighted by atomic mass is 35.5. The molecule has 0 amide bonds. The van der Waals surface area contributed by atoms with Crippen LogP contribution < -0.4 is 5.32 Å². The van der Waals surface area contributed by atoms with Gasteiger partial charge in [0.25, 0.3) is 0 Å². The Morgan fingerprint density at radius 3 is 2.76 bits per heavy atom.